The highest BCUT2D eigenvalue weighted by atomic mass is 16.7. The first kappa shape index (κ1) is 13.9. The fraction of sp³-hybridized carbons (Fsp3) is 0.625. The maximum Gasteiger partial charge on any atom is 0.158 e. The van der Waals surface area contributed by atoms with E-state index in [0.717, 1.165) is 39.3 Å². The molecule has 2 saturated heterocycles. The molecular formula is C16H23NO3. The summed E-state index contributed by atoms with van der Waals surface area (Å²) in [7, 11) is 0. The first-order valence-electron chi connectivity index (χ1n) is 7.46. The molecular weight excluding hydrogens is 254 g/mol. The Balaban J connectivity index is 1.50. The van der Waals surface area contributed by atoms with Crippen LogP contribution in [0, 0.1) is 5.92 Å². The van der Waals surface area contributed by atoms with Gasteiger partial charge in [-0.1, -0.05) is 19.1 Å². The summed E-state index contributed by atoms with van der Waals surface area (Å²) in [5.74, 6) is 0.615. The molecule has 0 N–H and O–H groups in total. The molecule has 20 heavy (non-hydrogen) atoms. The molecule has 0 bridgehead atoms. The number of morpholine rings is 1. The lowest BCUT2D eigenvalue weighted by molar-refractivity contribution is -0.118. The van der Waals surface area contributed by atoms with Crippen LogP contribution < -0.4 is 4.90 Å². The molecule has 3 rings (SSSR count). The van der Waals surface area contributed by atoms with Crippen molar-refractivity contribution < 1.29 is 14.2 Å². The molecule has 1 aromatic carbocycles. The quantitative estimate of drug-likeness (QED) is 0.846. The van der Waals surface area contributed by atoms with Crippen LogP contribution in [0.3, 0.4) is 0 Å². The van der Waals surface area contributed by atoms with Crippen molar-refractivity contribution >= 4 is 5.69 Å². The highest BCUT2D eigenvalue weighted by Crippen LogP contribution is 2.22. The van der Waals surface area contributed by atoms with Gasteiger partial charge < -0.3 is 19.1 Å². The third-order valence-corrected chi connectivity index (χ3v) is 3.91. The first-order chi connectivity index (χ1) is 9.81. The van der Waals surface area contributed by atoms with Crippen LogP contribution in [0.4, 0.5) is 5.69 Å². The highest BCUT2D eigenvalue weighted by Gasteiger charge is 2.22. The van der Waals surface area contributed by atoms with Gasteiger partial charge in [0.1, 0.15) is 0 Å². The normalized spacial score (nSPS) is 26.9. The Morgan fingerprint density at radius 1 is 1.20 bits per heavy atom. The van der Waals surface area contributed by atoms with Crippen LogP contribution in [0.1, 0.15) is 18.9 Å². The second kappa shape index (κ2) is 6.57. The number of anilines is 1. The van der Waals surface area contributed by atoms with Gasteiger partial charge in [-0.25, -0.2) is 0 Å². The van der Waals surface area contributed by atoms with Crippen LogP contribution in [-0.4, -0.2) is 39.2 Å². The van der Waals surface area contributed by atoms with E-state index in [0.29, 0.717) is 12.5 Å². The van der Waals surface area contributed by atoms with Crippen molar-refractivity contribution in [1.29, 1.82) is 0 Å². The molecule has 2 fully saturated rings. The standard InChI is InChI=1S/C16H23NO3/c1-13-10-16(19-11-13)20-12-14-2-4-15(5-3-14)17-6-8-18-9-7-17/h2-5,13,16H,6-12H2,1H3/t13-,16?/m1/s1. The number of hydrogen-bond acceptors (Lipinski definition) is 4. The molecule has 2 aliphatic rings. The predicted octanol–water partition coefficient (Wildman–Crippen LogP) is 2.42. The van der Waals surface area contributed by atoms with Gasteiger partial charge in [-0.15, -0.1) is 0 Å². The zero-order valence-electron chi connectivity index (χ0n) is 12.1. The monoisotopic (exact) mass is 277 g/mol. The molecule has 0 amide bonds. The molecule has 4 heteroatoms. The van der Waals surface area contributed by atoms with Crippen molar-refractivity contribution in [2.75, 3.05) is 37.8 Å². The van der Waals surface area contributed by atoms with E-state index in [1.807, 2.05) is 0 Å². The van der Waals surface area contributed by atoms with Crippen molar-refractivity contribution in [3.63, 3.8) is 0 Å². The number of rotatable bonds is 4. The summed E-state index contributed by atoms with van der Waals surface area (Å²) < 4.78 is 16.7. The van der Waals surface area contributed by atoms with Crippen LogP contribution in [0.25, 0.3) is 0 Å². The van der Waals surface area contributed by atoms with Crippen LogP contribution in [-0.2, 0) is 20.8 Å². The summed E-state index contributed by atoms with van der Waals surface area (Å²) in [6.07, 6.45) is 0.982. The highest BCUT2D eigenvalue weighted by molar-refractivity contribution is 5.47. The Kier molecular flexibility index (Phi) is 4.55. The van der Waals surface area contributed by atoms with Crippen molar-refractivity contribution in [3.05, 3.63) is 29.8 Å². The van der Waals surface area contributed by atoms with Crippen molar-refractivity contribution in [1.82, 2.24) is 0 Å². The van der Waals surface area contributed by atoms with E-state index in [1.54, 1.807) is 0 Å². The molecule has 4 nitrogen and oxygen atoms in total. The summed E-state index contributed by atoms with van der Waals surface area (Å²) in [4.78, 5) is 2.36. The SMILES string of the molecule is C[C@H]1COC(OCc2ccc(N3CCOCC3)cc2)C1. The van der Waals surface area contributed by atoms with Crippen molar-refractivity contribution in [2.24, 2.45) is 5.92 Å². The van der Waals surface area contributed by atoms with Gasteiger partial charge in [0.2, 0.25) is 0 Å². The Morgan fingerprint density at radius 3 is 2.60 bits per heavy atom. The van der Waals surface area contributed by atoms with E-state index in [1.165, 1.54) is 11.3 Å². The molecule has 2 heterocycles. The molecule has 0 aromatic heterocycles. The van der Waals surface area contributed by atoms with Gasteiger partial charge in [-0.05, 0) is 23.6 Å². The largest absolute Gasteiger partial charge is 0.378 e. The van der Waals surface area contributed by atoms with Crippen LogP contribution in [0.2, 0.25) is 0 Å². The number of hydrogen-bond donors (Lipinski definition) is 0. The summed E-state index contributed by atoms with van der Waals surface area (Å²) >= 11 is 0. The lowest BCUT2D eigenvalue weighted by atomic mass is 10.1. The van der Waals surface area contributed by atoms with E-state index >= 15 is 0 Å². The van der Waals surface area contributed by atoms with Gasteiger partial charge in [0.05, 0.1) is 26.4 Å². The summed E-state index contributed by atoms with van der Waals surface area (Å²) in [5.41, 5.74) is 2.47. The zero-order chi connectivity index (χ0) is 13.8. The lowest BCUT2D eigenvalue weighted by Gasteiger charge is -2.28. The molecule has 0 aliphatic carbocycles. The smallest absolute Gasteiger partial charge is 0.158 e. The molecule has 1 aromatic rings. The third-order valence-electron chi connectivity index (χ3n) is 3.91. The number of ether oxygens (including phenoxy) is 3. The van der Waals surface area contributed by atoms with Gasteiger partial charge in [-0.3, -0.25) is 0 Å². The minimum Gasteiger partial charge on any atom is -0.378 e. The first-order valence-corrected chi connectivity index (χ1v) is 7.46. The molecule has 2 atom stereocenters. The molecule has 2 aliphatic heterocycles. The second-order valence-electron chi connectivity index (χ2n) is 5.68. The summed E-state index contributed by atoms with van der Waals surface area (Å²) in [6, 6.07) is 8.62. The summed E-state index contributed by atoms with van der Waals surface area (Å²) in [5, 5.41) is 0. The van der Waals surface area contributed by atoms with Crippen molar-refractivity contribution in [2.45, 2.75) is 26.2 Å². The predicted molar refractivity (Wildman–Crippen MR) is 77.8 cm³/mol. The van der Waals surface area contributed by atoms with Gasteiger partial charge in [-0.2, -0.15) is 0 Å². The van der Waals surface area contributed by atoms with Crippen molar-refractivity contribution in [3.8, 4) is 0 Å². The van der Waals surface area contributed by atoms with Gasteiger partial charge in [0.25, 0.3) is 0 Å². The average molecular weight is 277 g/mol. The van der Waals surface area contributed by atoms with E-state index < -0.39 is 0 Å². The van der Waals surface area contributed by atoms with E-state index in [2.05, 4.69) is 36.1 Å². The summed E-state index contributed by atoms with van der Waals surface area (Å²) in [6.45, 7) is 7.24. The minimum absolute atomic E-state index is 0.0241. The Labute approximate surface area is 120 Å². The maximum atomic E-state index is 5.79. The molecule has 0 radical (unpaired) electrons. The zero-order valence-corrected chi connectivity index (χ0v) is 12.1. The Morgan fingerprint density at radius 2 is 1.95 bits per heavy atom. The number of benzene rings is 1. The van der Waals surface area contributed by atoms with E-state index in [4.69, 9.17) is 14.2 Å². The Bertz CT molecular complexity index is 414. The van der Waals surface area contributed by atoms with Crippen LogP contribution in [0.5, 0.6) is 0 Å². The fourth-order valence-corrected chi connectivity index (χ4v) is 2.67. The molecule has 0 saturated carbocycles. The van der Waals surface area contributed by atoms with E-state index in [9.17, 15) is 0 Å². The van der Waals surface area contributed by atoms with Gasteiger partial charge in [0.15, 0.2) is 6.29 Å². The average Bonchev–Trinajstić information content (AvgIpc) is 2.92. The van der Waals surface area contributed by atoms with Gasteiger partial charge >= 0.3 is 0 Å². The van der Waals surface area contributed by atoms with Crippen LogP contribution >= 0.6 is 0 Å². The maximum absolute atomic E-state index is 5.79. The Hall–Kier alpha value is -1.10. The number of nitrogens with zero attached hydrogens (tertiary/aromatic N) is 1. The lowest BCUT2D eigenvalue weighted by Crippen LogP contribution is -2.36. The van der Waals surface area contributed by atoms with E-state index in [-0.39, 0.29) is 6.29 Å². The van der Waals surface area contributed by atoms with Gasteiger partial charge in [0, 0.05) is 25.2 Å². The molecule has 110 valence electrons. The van der Waals surface area contributed by atoms with Crippen LogP contribution in [0.15, 0.2) is 24.3 Å². The molecule has 1 unspecified atom stereocenters. The second-order valence-corrected chi connectivity index (χ2v) is 5.68. The third kappa shape index (κ3) is 3.51. The topological polar surface area (TPSA) is 30.9 Å². The fourth-order valence-electron chi connectivity index (χ4n) is 2.67. The molecule has 0 spiro atoms. The minimum atomic E-state index is -0.0241.